The molecule has 112 valence electrons. The minimum Gasteiger partial charge on any atom is -1.00 e. The van der Waals surface area contributed by atoms with Crippen molar-refractivity contribution in [3.63, 3.8) is 0 Å². The smallest absolute Gasteiger partial charge is 1.00 e. The maximum Gasteiger partial charge on any atom is 2.00 e. The molecule has 0 saturated carbocycles. The van der Waals surface area contributed by atoms with E-state index in [4.69, 9.17) is 0 Å². The molecule has 0 saturated heterocycles. The summed E-state index contributed by atoms with van der Waals surface area (Å²) in [6, 6.07) is 7.29. The van der Waals surface area contributed by atoms with Gasteiger partial charge in [-0.25, -0.2) is 17.6 Å². The van der Waals surface area contributed by atoms with Crippen molar-refractivity contribution in [2.45, 2.75) is 0 Å². The van der Waals surface area contributed by atoms with Gasteiger partial charge in [-0.2, -0.15) is 12.1 Å². The quantitative estimate of drug-likeness (QED) is 0.183. The van der Waals surface area contributed by atoms with Gasteiger partial charge < -0.3 is 29.4 Å². The van der Waals surface area contributed by atoms with Crippen molar-refractivity contribution in [3.05, 3.63) is 71.3 Å². The molecule has 0 bridgehead atoms. The third-order valence-corrected chi connectivity index (χ3v) is 1.68. The van der Waals surface area contributed by atoms with Crippen LogP contribution in [-0.4, -0.2) is 46.1 Å². The fourth-order valence-corrected chi connectivity index (χ4v) is 0.859. The third kappa shape index (κ3) is 9.46. The molecule has 0 aliphatic rings. The van der Waals surface area contributed by atoms with Crippen LogP contribution in [0.2, 0.25) is 0 Å². The van der Waals surface area contributed by atoms with Crippen LogP contribution in [0, 0.1) is 47.0 Å². The van der Waals surface area contributed by atoms with Crippen LogP contribution in [0.5, 0.6) is 0 Å². The molecule has 0 aliphatic heterocycles. The van der Waals surface area contributed by atoms with Crippen LogP contribution in [0.4, 0.5) is 26.3 Å². The molecule has 0 amide bonds. The van der Waals surface area contributed by atoms with Gasteiger partial charge in [0.05, 0.1) is 23.3 Å². The number of rotatable bonds is 0. The first kappa shape index (κ1) is 30.2. The Kier molecular flexibility index (Phi) is 20.5. The van der Waals surface area contributed by atoms with E-state index in [1.807, 2.05) is 12.1 Å². The summed E-state index contributed by atoms with van der Waals surface area (Å²) in [5, 5.41) is 0. The monoisotopic (exact) mass is 424 g/mol. The first-order chi connectivity index (χ1) is 8.43. The van der Waals surface area contributed by atoms with Gasteiger partial charge in [-0.3, -0.25) is 8.78 Å². The zero-order valence-electron chi connectivity index (χ0n) is 10.7. The number of hydrogen-bond acceptors (Lipinski definition) is 0. The van der Waals surface area contributed by atoms with E-state index < -0.39 is 34.9 Å². The average Bonchev–Trinajstić information content (AvgIpc) is 2.34. The Balaban J connectivity index is -0.000000125. The summed E-state index contributed by atoms with van der Waals surface area (Å²) in [7, 11) is 0. The molecule has 0 atom stereocenters. The number of halogens is 8. The molecule has 2 aromatic carbocycles. The molecule has 22 heavy (non-hydrogen) atoms. The zero-order valence-corrected chi connectivity index (χ0v) is 15.9. The van der Waals surface area contributed by atoms with Gasteiger partial charge in [-0.1, -0.05) is 0 Å². The van der Waals surface area contributed by atoms with E-state index >= 15 is 0 Å². The standard InChI is InChI=1S/2C6H2F3.BrH.ClH.2Mg/c2*7-4-2-1-3-5(8)6(4)9;;;;/h2*1-2H;2*1H;;/q2*-1;;;2*+2/p-2. The Bertz CT molecular complexity index is 469. The van der Waals surface area contributed by atoms with Gasteiger partial charge >= 0.3 is 46.1 Å². The van der Waals surface area contributed by atoms with Crippen LogP contribution in [0.15, 0.2) is 24.3 Å². The predicted molar refractivity (Wildman–Crippen MR) is 61.8 cm³/mol. The van der Waals surface area contributed by atoms with Gasteiger partial charge in [0.2, 0.25) is 0 Å². The minimum atomic E-state index is -1.47. The van der Waals surface area contributed by atoms with E-state index in [2.05, 4.69) is 0 Å². The van der Waals surface area contributed by atoms with Crippen molar-refractivity contribution >= 4 is 46.1 Å². The molecule has 0 radical (unpaired) electrons. The Morgan fingerprint density at radius 3 is 1.09 bits per heavy atom. The van der Waals surface area contributed by atoms with E-state index in [0.29, 0.717) is 0 Å². The summed E-state index contributed by atoms with van der Waals surface area (Å²) >= 11 is 0. The number of benzene rings is 2. The van der Waals surface area contributed by atoms with E-state index in [1.165, 1.54) is 0 Å². The second-order valence-electron chi connectivity index (χ2n) is 2.91. The molecular formula is C12H4BrClF6Mg2. The maximum absolute atomic E-state index is 11.9. The van der Waals surface area contributed by atoms with Crippen LogP contribution in [0.1, 0.15) is 0 Å². The second kappa shape index (κ2) is 14.9. The van der Waals surface area contributed by atoms with Crippen LogP contribution in [-0.2, 0) is 0 Å². The molecular weight excluding hydrogens is 422 g/mol. The summed E-state index contributed by atoms with van der Waals surface area (Å²) in [5.41, 5.74) is 0. The zero-order chi connectivity index (χ0) is 13.7. The average molecular weight is 426 g/mol. The van der Waals surface area contributed by atoms with E-state index in [-0.39, 0.29) is 75.5 Å². The molecule has 0 fully saturated rings. The van der Waals surface area contributed by atoms with E-state index in [9.17, 15) is 26.3 Å². The molecule has 0 unspecified atom stereocenters. The van der Waals surface area contributed by atoms with Crippen LogP contribution in [0.25, 0.3) is 0 Å². The predicted octanol–water partition coefficient (Wildman–Crippen LogP) is -2.95. The molecule has 2 aromatic rings. The summed E-state index contributed by atoms with van der Waals surface area (Å²) in [6.07, 6.45) is 0. The third-order valence-electron chi connectivity index (χ3n) is 1.68. The second-order valence-corrected chi connectivity index (χ2v) is 2.91. The van der Waals surface area contributed by atoms with E-state index in [1.54, 1.807) is 0 Å². The number of hydrogen-bond donors (Lipinski definition) is 0. The van der Waals surface area contributed by atoms with Gasteiger partial charge in [0.1, 0.15) is 0 Å². The van der Waals surface area contributed by atoms with Gasteiger partial charge in [-0.15, -0.1) is 24.3 Å². The molecule has 0 aliphatic carbocycles. The minimum absolute atomic E-state index is 0. The van der Waals surface area contributed by atoms with Gasteiger partial charge in [-0.05, 0) is 0 Å². The van der Waals surface area contributed by atoms with Crippen LogP contribution < -0.4 is 29.4 Å². The summed E-state index contributed by atoms with van der Waals surface area (Å²) in [4.78, 5) is 0. The Morgan fingerprint density at radius 1 is 0.636 bits per heavy atom. The molecule has 10 heteroatoms. The maximum atomic E-state index is 11.9. The van der Waals surface area contributed by atoms with Crippen LogP contribution >= 0.6 is 0 Å². The topological polar surface area (TPSA) is 0 Å². The Morgan fingerprint density at radius 2 is 0.909 bits per heavy atom. The largest absolute Gasteiger partial charge is 2.00 e. The normalized spacial score (nSPS) is 7.91. The molecule has 0 spiro atoms. The van der Waals surface area contributed by atoms with Crippen molar-refractivity contribution in [2.75, 3.05) is 0 Å². The van der Waals surface area contributed by atoms with Crippen LogP contribution in [0.3, 0.4) is 0 Å². The fourth-order valence-electron chi connectivity index (χ4n) is 0.859. The molecule has 0 heterocycles. The Hall–Kier alpha value is 0.322. The SMILES string of the molecule is Fc1[c-]ccc(F)c1F.Fc1[c-]ccc(F)c1F.[Br-].[Cl-].[Mg+2].[Mg+2]. The Labute approximate surface area is 172 Å². The summed E-state index contributed by atoms with van der Waals surface area (Å²) in [5.74, 6) is -7.89. The van der Waals surface area contributed by atoms with Gasteiger partial charge in [0, 0.05) is 11.6 Å². The first-order valence-electron chi connectivity index (χ1n) is 4.46. The van der Waals surface area contributed by atoms with E-state index in [0.717, 1.165) is 24.3 Å². The van der Waals surface area contributed by atoms with Crippen molar-refractivity contribution in [2.24, 2.45) is 0 Å². The van der Waals surface area contributed by atoms with Gasteiger partial charge in [0.25, 0.3) is 0 Å². The van der Waals surface area contributed by atoms with Crippen molar-refractivity contribution in [1.29, 1.82) is 0 Å². The van der Waals surface area contributed by atoms with Crippen molar-refractivity contribution in [3.8, 4) is 0 Å². The molecule has 2 rings (SSSR count). The molecule has 0 aromatic heterocycles. The molecule has 0 nitrogen and oxygen atoms in total. The van der Waals surface area contributed by atoms with Crippen molar-refractivity contribution in [1.82, 2.24) is 0 Å². The summed E-state index contributed by atoms with van der Waals surface area (Å²) in [6.45, 7) is 0. The van der Waals surface area contributed by atoms with Gasteiger partial charge in [0.15, 0.2) is 0 Å². The van der Waals surface area contributed by atoms with Crippen molar-refractivity contribution < 1.29 is 55.7 Å². The molecule has 0 N–H and O–H groups in total. The first-order valence-corrected chi connectivity index (χ1v) is 4.46. The summed E-state index contributed by atoms with van der Waals surface area (Å²) < 4.78 is 71.6. The fraction of sp³-hybridized carbons (Fsp3) is 0.